The van der Waals surface area contributed by atoms with Crippen molar-refractivity contribution in [1.82, 2.24) is 0 Å². The van der Waals surface area contributed by atoms with Crippen LogP contribution in [0.5, 0.6) is 11.5 Å². The molecule has 0 atom stereocenters. The Morgan fingerprint density at radius 2 is 1.86 bits per heavy atom. The first-order valence-corrected chi connectivity index (χ1v) is 6.99. The highest BCUT2D eigenvalue weighted by molar-refractivity contribution is 6.35. The summed E-state index contributed by atoms with van der Waals surface area (Å²) < 4.78 is 0. The van der Waals surface area contributed by atoms with Crippen LogP contribution in [-0.2, 0) is 6.54 Å². The van der Waals surface area contributed by atoms with Crippen LogP contribution >= 0.6 is 23.2 Å². The molecule has 0 radical (unpaired) electrons. The SMILES string of the molecule is CN(Cc1cc(Cl)cc(Cl)c1O)c1ccc(O)c(C(=O)O)c1. The van der Waals surface area contributed by atoms with Gasteiger partial charge in [0.2, 0.25) is 0 Å². The number of hydrogen-bond donors (Lipinski definition) is 3. The number of aromatic carboxylic acids is 1. The minimum absolute atomic E-state index is 0.0739. The minimum Gasteiger partial charge on any atom is -0.507 e. The Labute approximate surface area is 136 Å². The van der Waals surface area contributed by atoms with Crippen molar-refractivity contribution >= 4 is 34.9 Å². The van der Waals surface area contributed by atoms with E-state index < -0.39 is 5.97 Å². The van der Waals surface area contributed by atoms with Crippen molar-refractivity contribution in [3.8, 4) is 11.5 Å². The van der Waals surface area contributed by atoms with Crippen molar-refractivity contribution in [2.24, 2.45) is 0 Å². The van der Waals surface area contributed by atoms with Crippen LogP contribution in [0.25, 0.3) is 0 Å². The standard InChI is InChI=1S/C15H13Cl2NO4/c1-18(7-8-4-9(16)5-12(17)14(8)20)10-2-3-13(19)11(6-10)15(21)22/h2-6,19-20H,7H2,1H3,(H,21,22). The normalized spacial score (nSPS) is 10.5. The van der Waals surface area contributed by atoms with E-state index in [0.29, 0.717) is 16.3 Å². The third kappa shape index (κ3) is 3.37. The predicted octanol–water partition coefficient (Wildman–Crippen LogP) is 3.74. The summed E-state index contributed by atoms with van der Waals surface area (Å²) in [5, 5.41) is 29.0. The number of phenolic OH excluding ortho intramolecular Hbond substituents is 1. The third-order valence-electron chi connectivity index (χ3n) is 3.17. The van der Waals surface area contributed by atoms with E-state index in [1.807, 2.05) is 0 Å². The van der Waals surface area contributed by atoms with Gasteiger partial charge in [0.1, 0.15) is 17.1 Å². The van der Waals surface area contributed by atoms with Gasteiger partial charge in [-0.05, 0) is 30.3 Å². The zero-order valence-corrected chi connectivity index (χ0v) is 13.1. The predicted molar refractivity (Wildman–Crippen MR) is 85.3 cm³/mol. The minimum atomic E-state index is -1.22. The average molecular weight is 342 g/mol. The molecular formula is C15H13Cl2NO4. The van der Waals surface area contributed by atoms with Crippen LogP contribution in [0.4, 0.5) is 5.69 Å². The van der Waals surface area contributed by atoms with Gasteiger partial charge in [-0.2, -0.15) is 0 Å². The lowest BCUT2D eigenvalue weighted by atomic mass is 10.1. The van der Waals surface area contributed by atoms with E-state index in [0.717, 1.165) is 0 Å². The number of phenols is 2. The molecule has 0 aromatic heterocycles. The maximum absolute atomic E-state index is 11.0. The van der Waals surface area contributed by atoms with Crippen LogP contribution in [0.3, 0.4) is 0 Å². The van der Waals surface area contributed by atoms with Crippen LogP contribution in [0.2, 0.25) is 10.0 Å². The fourth-order valence-corrected chi connectivity index (χ4v) is 2.55. The maximum Gasteiger partial charge on any atom is 0.339 e. The molecule has 0 spiro atoms. The van der Waals surface area contributed by atoms with Crippen LogP contribution in [0, 0.1) is 0 Å². The second-order valence-electron chi connectivity index (χ2n) is 4.76. The molecule has 0 saturated carbocycles. The zero-order chi connectivity index (χ0) is 16.4. The molecule has 0 unspecified atom stereocenters. The molecular weight excluding hydrogens is 329 g/mol. The summed E-state index contributed by atoms with van der Waals surface area (Å²) in [4.78, 5) is 12.7. The number of nitrogens with zero attached hydrogens (tertiary/aromatic N) is 1. The summed E-state index contributed by atoms with van der Waals surface area (Å²) in [5.41, 5.74) is 0.869. The Morgan fingerprint density at radius 1 is 1.18 bits per heavy atom. The number of rotatable bonds is 4. The van der Waals surface area contributed by atoms with Crippen LogP contribution < -0.4 is 4.90 Å². The third-order valence-corrected chi connectivity index (χ3v) is 3.67. The smallest absolute Gasteiger partial charge is 0.339 e. The highest BCUT2D eigenvalue weighted by Gasteiger charge is 2.14. The fourth-order valence-electron chi connectivity index (χ4n) is 2.02. The molecule has 0 aliphatic carbocycles. The van der Waals surface area contributed by atoms with Gasteiger partial charge >= 0.3 is 5.97 Å². The summed E-state index contributed by atoms with van der Waals surface area (Å²) in [6.45, 7) is 0.260. The second-order valence-corrected chi connectivity index (χ2v) is 5.60. The molecule has 2 rings (SSSR count). The lowest BCUT2D eigenvalue weighted by Crippen LogP contribution is -2.17. The van der Waals surface area contributed by atoms with E-state index in [1.165, 1.54) is 18.2 Å². The fraction of sp³-hybridized carbons (Fsp3) is 0.133. The molecule has 0 fully saturated rings. The van der Waals surface area contributed by atoms with Crippen molar-refractivity contribution in [1.29, 1.82) is 0 Å². The molecule has 5 nitrogen and oxygen atoms in total. The van der Waals surface area contributed by atoms with Crippen LogP contribution in [-0.4, -0.2) is 28.3 Å². The van der Waals surface area contributed by atoms with Gasteiger partial charge in [0, 0.05) is 29.9 Å². The summed E-state index contributed by atoms with van der Waals surface area (Å²) >= 11 is 11.8. The largest absolute Gasteiger partial charge is 0.507 e. The van der Waals surface area contributed by atoms with Gasteiger partial charge in [0.05, 0.1) is 5.02 Å². The molecule has 7 heteroatoms. The van der Waals surface area contributed by atoms with E-state index >= 15 is 0 Å². The molecule has 0 heterocycles. The molecule has 0 bridgehead atoms. The van der Waals surface area contributed by atoms with Gasteiger partial charge in [-0.25, -0.2) is 4.79 Å². The van der Waals surface area contributed by atoms with Gasteiger partial charge in [-0.3, -0.25) is 0 Å². The Morgan fingerprint density at radius 3 is 2.50 bits per heavy atom. The zero-order valence-electron chi connectivity index (χ0n) is 11.5. The van der Waals surface area contributed by atoms with Gasteiger partial charge in [0.15, 0.2) is 0 Å². The number of carbonyl (C=O) groups is 1. The first-order valence-electron chi connectivity index (χ1n) is 6.24. The Kier molecular flexibility index (Phi) is 4.68. The van der Waals surface area contributed by atoms with Crippen molar-refractivity contribution in [2.75, 3.05) is 11.9 Å². The van der Waals surface area contributed by atoms with Crippen molar-refractivity contribution in [3.63, 3.8) is 0 Å². The monoisotopic (exact) mass is 341 g/mol. The van der Waals surface area contributed by atoms with E-state index in [9.17, 15) is 15.0 Å². The molecule has 0 amide bonds. The highest BCUT2D eigenvalue weighted by Crippen LogP contribution is 2.33. The Bertz CT molecular complexity index is 734. The van der Waals surface area contributed by atoms with Crippen LogP contribution in [0.15, 0.2) is 30.3 Å². The number of benzene rings is 2. The lowest BCUT2D eigenvalue weighted by molar-refractivity contribution is 0.0694. The summed E-state index contributed by atoms with van der Waals surface area (Å²) in [6.07, 6.45) is 0. The first kappa shape index (κ1) is 16.3. The number of carboxylic acid groups (broad SMARTS) is 1. The number of carboxylic acids is 1. The van der Waals surface area contributed by atoms with E-state index in [-0.39, 0.29) is 28.6 Å². The molecule has 0 aliphatic rings. The molecule has 116 valence electrons. The highest BCUT2D eigenvalue weighted by atomic mass is 35.5. The van der Waals surface area contributed by atoms with Crippen molar-refractivity contribution in [2.45, 2.75) is 6.54 Å². The Hall–Kier alpha value is -2.11. The van der Waals surface area contributed by atoms with Crippen molar-refractivity contribution in [3.05, 3.63) is 51.5 Å². The van der Waals surface area contributed by atoms with E-state index in [2.05, 4.69) is 0 Å². The summed E-state index contributed by atoms with van der Waals surface area (Å²) in [5.74, 6) is -1.60. The van der Waals surface area contributed by atoms with Gasteiger partial charge in [0.25, 0.3) is 0 Å². The molecule has 2 aromatic carbocycles. The molecule has 3 N–H and O–H groups in total. The number of hydrogen-bond acceptors (Lipinski definition) is 4. The Balaban J connectivity index is 2.32. The van der Waals surface area contributed by atoms with E-state index in [1.54, 1.807) is 24.1 Å². The molecule has 0 saturated heterocycles. The molecule has 22 heavy (non-hydrogen) atoms. The maximum atomic E-state index is 11.0. The number of anilines is 1. The summed E-state index contributed by atoms with van der Waals surface area (Å²) in [7, 11) is 1.71. The number of aromatic hydroxyl groups is 2. The first-order chi connectivity index (χ1) is 10.3. The van der Waals surface area contributed by atoms with Crippen LogP contribution in [0.1, 0.15) is 15.9 Å². The molecule has 0 aliphatic heterocycles. The van der Waals surface area contributed by atoms with Gasteiger partial charge < -0.3 is 20.2 Å². The summed E-state index contributed by atoms with van der Waals surface area (Å²) in [6, 6.07) is 7.24. The van der Waals surface area contributed by atoms with Gasteiger partial charge in [-0.1, -0.05) is 23.2 Å². The molecule has 2 aromatic rings. The topological polar surface area (TPSA) is 81.0 Å². The van der Waals surface area contributed by atoms with Gasteiger partial charge in [-0.15, -0.1) is 0 Å². The lowest BCUT2D eigenvalue weighted by Gasteiger charge is -2.21. The average Bonchev–Trinajstić information content (AvgIpc) is 2.44. The quantitative estimate of drug-likeness (QED) is 0.789. The second kappa shape index (κ2) is 6.34. The van der Waals surface area contributed by atoms with E-state index in [4.69, 9.17) is 28.3 Å². The van der Waals surface area contributed by atoms with Crippen molar-refractivity contribution < 1.29 is 20.1 Å². The number of halogens is 2.